The Bertz CT molecular complexity index is 282. The van der Waals surface area contributed by atoms with Gasteiger partial charge in [0.2, 0.25) is 0 Å². The van der Waals surface area contributed by atoms with E-state index in [0.29, 0.717) is 5.75 Å². The summed E-state index contributed by atoms with van der Waals surface area (Å²) >= 11 is 0. The Morgan fingerprint density at radius 1 is 1.12 bits per heavy atom. The summed E-state index contributed by atoms with van der Waals surface area (Å²) < 4.78 is 0. The molecule has 0 radical (unpaired) electrons. The lowest BCUT2D eigenvalue weighted by Crippen LogP contribution is -2.08. The van der Waals surface area contributed by atoms with Crippen molar-refractivity contribution in [3.05, 3.63) is 29.3 Å². The molecule has 0 saturated heterocycles. The number of hydrogen-bond donors (Lipinski definition) is 1. The summed E-state index contributed by atoms with van der Waals surface area (Å²) in [5.41, 5.74) is 2.23. The SMILES string of the molecule is C.C.CCN(C)C.CCc1cc(C)ccc1O. The van der Waals surface area contributed by atoms with E-state index in [1.165, 1.54) is 5.56 Å². The van der Waals surface area contributed by atoms with Crippen molar-refractivity contribution < 1.29 is 5.11 Å². The van der Waals surface area contributed by atoms with E-state index in [0.717, 1.165) is 18.5 Å². The van der Waals surface area contributed by atoms with Gasteiger partial charge in [-0.15, -0.1) is 0 Å². The Morgan fingerprint density at radius 2 is 1.59 bits per heavy atom. The molecule has 1 aromatic carbocycles. The summed E-state index contributed by atoms with van der Waals surface area (Å²) in [4.78, 5) is 2.12. The fourth-order valence-electron chi connectivity index (χ4n) is 0.997. The van der Waals surface area contributed by atoms with Crippen LogP contribution in [0.2, 0.25) is 0 Å². The molecule has 0 unspecified atom stereocenters. The molecule has 0 amide bonds. The third-order valence-electron chi connectivity index (χ3n) is 2.25. The molecule has 1 aromatic rings. The first kappa shape index (κ1) is 21.3. The molecular formula is C15H31NO. The number of aromatic hydroxyl groups is 1. The van der Waals surface area contributed by atoms with E-state index in [2.05, 4.69) is 25.9 Å². The van der Waals surface area contributed by atoms with Crippen LogP contribution in [0.3, 0.4) is 0 Å². The Morgan fingerprint density at radius 3 is 1.88 bits per heavy atom. The molecule has 0 aliphatic carbocycles. The monoisotopic (exact) mass is 241 g/mol. The molecule has 0 saturated carbocycles. The fourth-order valence-corrected chi connectivity index (χ4v) is 0.997. The number of phenols is 1. The standard InChI is InChI=1S/C9H12O.C4H11N.2CH4/c1-3-8-6-7(2)4-5-9(8)10;1-4-5(2)3;;/h4-6,10H,3H2,1-2H3;4H2,1-3H3;2*1H4. The van der Waals surface area contributed by atoms with Crippen molar-refractivity contribution >= 4 is 0 Å². The van der Waals surface area contributed by atoms with Gasteiger partial charge in [0.25, 0.3) is 0 Å². The normalized spacial score (nSPS) is 8.59. The second kappa shape index (κ2) is 11.5. The average molecular weight is 241 g/mol. The number of phenolic OH excluding ortho intramolecular Hbond substituents is 1. The number of nitrogens with zero attached hydrogens (tertiary/aromatic N) is 1. The van der Waals surface area contributed by atoms with E-state index in [9.17, 15) is 5.11 Å². The second-order valence-electron chi connectivity index (χ2n) is 3.88. The lowest BCUT2D eigenvalue weighted by atomic mass is 10.1. The summed E-state index contributed by atoms with van der Waals surface area (Å²) in [5, 5.41) is 9.23. The number of benzene rings is 1. The molecule has 1 rings (SSSR count). The minimum Gasteiger partial charge on any atom is -0.508 e. The van der Waals surface area contributed by atoms with Gasteiger partial charge in [0.15, 0.2) is 0 Å². The molecule has 0 aliphatic heterocycles. The third kappa shape index (κ3) is 9.88. The van der Waals surface area contributed by atoms with Crippen LogP contribution in [0.25, 0.3) is 0 Å². The molecule has 17 heavy (non-hydrogen) atoms. The lowest BCUT2D eigenvalue weighted by molar-refractivity contribution is 0.434. The molecule has 102 valence electrons. The number of aryl methyl sites for hydroxylation is 2. The maximum atomic E-state index is 9.23. The maximum Gasteiger partial charge on any atom is 0.118 e. The van der Waals surface area contributed by atoms with E-state index >= 15 is 0 Å². The van der Waals surface area contributed by atoms with Gasteiger partial charge in [-0.25, -0.2) is 0 Å². The van der Waals surface area contributed by atoms with Gasteiger partial charge in [-0.2, -0.15) is 0 Å². The van der Waals surface area contributed by atoms with E-state index in [1.54, 1.807) is 6.07 Å². The molecular weight excluding hydrogens is 210 g/mol. The molecule has 0 spiro atoms. The zero-order valence-electron chi connectivity index (χ0n) is 10.5. The van der Waals surface area contributed by atoms with Gasteiger partial charge in [-0.1, -0.05) is 46.4 Å². The minimum absolute atomic E-state index is 0. The Labute approximate surface area is 108 Å². The average Bonchev–Trinajstić information content (AvgIpc) is 2.22. The Kier molecular flexibility index (Phi) is 14.4. The smallest absolute Gasteiger partial charge is 0.118 e. The van der Waals surface area contributed by atoms with Gasteiger partial charge < -0.3 is 10.0 Å². The molecule has 0 fully saturated rings. The zero-order chi connectivity index (χ0) is 11.8. The van der Waals surface area contributed by atoms with Crippen molar-refractivity contribution in [1.82, 2.24) is 4.90 Å². The van der Waals surface area contributed by atoms with E-state index < -0.39 is 0 Å². The van der Waals surface area contributed by atoms with Crippen molar-refractivity contribution in [3.63, 3.8) is 0 Å². The number of hydrogen-bond acceptors (Lipinski definition) is 2. The van der Waals surface area contributed by atoms with Crippen molar-refractivity contribution in [3.8, 4) is 5.75 Å². The Balaban J connectivity index is -0.000000247. The van der Waals surface area contributed by atoms with Crippen LogP contribution in [0.1, 0.15) is 39.8 Å². The summed E-state index contributed by atoms with van der Waals surface area (Å²) in [6, 6.07) is 5.66. The molecule has 0 aromatic heterocycles. The van der Waals surface area contributed by atoms with Crippen LogP contribution in [0, 0.1) is 6.92 Å². The first-order chi connectivity index (χ1) is 7.01. The highest BCUT2D eigenvalue weighted by molar-refractivity contribution is 5.35. The third-order valence-corrected chi connectivity index (χ3v) is 2.25. The largest absolute Gasteiger partial charge is 0.508 e. The first-order valence-corrected chi connectivity index (χ1v) is 5.44. The minimum atomic E-state index is 0. The topological polar surface area (TPSA) is 23.5 Å². The van der Waals surface area contributed by atoms with Crippen molar-refractivity contribution in [2.24, 2.45) is 0 Å². The van der Waals surface area contributed by atoms with Gasteiger partial charge in [-0.3, -0.25) is 0 Å². The molecule has 0 atom stereocenters. The van der Waals surface area contributed by atoms with Gasteiger partial charge >= 0.3 is 0 Å². The predicted molar refractivity (Wildman–Crippen MR) is 79.9 cm³/mol. The first-order valence-electron chi connectivity index (χ1n) is 5.44. The quantitative estimate of drug-likeness (QED) is 0.842. The summed E-state index contributed by atoms with van der Waals surface area (Å²) in [6.45, 7) is 7.33. The highest BCUT2D eigenvalue weighted by Crippen LogP contribution is 2.17. The Hall–Kier alpha value is -1.02. The van der Waals surface area contributed by atoms with Crippen molar-refractivity contribution in [1.29, 1.82) is 0 Å². The van der Waals surface area contributed by atoms with Gasteiger partial charge in [0.05, 0.1) is 0 Å². The summed E-state index contributed by atoms with van der Waals surface area (Å²) in [6.07, 6.45) is 0.896. The van der Waals surface area contributed by atoms with Crippen LogP contribution >= 0.6 is 0 Å². The zero-order valence-corrected chi connectivity index (χ0v) is 10.5. The van der Waals surface area contributed by atoms with Crippen LogP contribution < -0.4 is 0 Å². The highest BCUT2D eigenvalue weighted by Gasteiger charge is 1.96. The molecule has 2 nitrogen and oxygen atoms in total. The molecule has 0 heterocycles. The van der Waals surface area contributed by atoms with Crippen LogP contribution in [0.4, 0.5) is 0 Å². The van der Waals surface area contributed by atoms with Crippen molar-refractivity contribution in [2.75, 3.05) is 20.6 Å². The van der Waals surface area contributed by atoms with Crippen molar-refractivity contribution in [2.45, 2.75) is 42.0 Å². The lowest BCUT2D eigenvalue weighted by Gasteiger charge is -2.00. The second-order valence-corrected chi connectivity index (χ2v) is 3.88. The van der Waals surface area contributed by atoms with Crippen LogP contribution in [0.15, 0.2) is 18.2 Å². The summed E-state index contributed by atoms with van der Waals surface area (Å²) in [7, 11) is 4.11. The molecule has 0 aliphatic rings. The predicted octanol–water partition coefficient (Wildman–Crippen LogP) is 4.10. The van der Waals surface area contributed by atoms with Gasteiger partial charge in [-0.05, 0) is 45.6 Å². The molecule has 0 bridgehead atoms. The van der Waals surface area contributed by atoms with E-state index in [1.807, 2.05) is 26.0 Å². The van der Waals surface area contributed by atoms with Crippen LogP contribution in [0.5, 0.6) is 5.75 Å². The van der Waals surface area contributed by atoms with Gasteiger partial charge in [0, 0.05) is 0 Å². The fraction of sp³-hybridized carbons (Fsp3) is 0.600. The maximum absolute atomic E-state index is 9.23. The van der Waals surface area contributed by atoms with E-state index in [-0.39, 0.29) is 14.9 Å². The molecule has 1 N–H and O–H groups in total. The molecule has 2 heteroatoms. The highest BCUT2D eigenvalue weighted by atomic mass is 16.3. The van der Waals surface area contributed by atoms with E-state index in [4.69, 9.17) is 0 Å². The van der Waals surface area contributed by atoms with Gasteiger partial charge in [0.1, 0.15) is 5.75 Å². The number of rotatable bonds is 2. The summed E-state index contributed by atoms with van der Waals surface area (Å²) in [5.74, 6) is 0.410. The van der Waals surface area contributed by atoms with Crippen LogP contribution in [-0.4, -0.2) is 30.6 Å². The van der Waals surface area contributed by atoms with Crippen LogP contribution in [-0.2, 0) is 6.42 Å².